The molecule has 5 N–H and O–H groups in total. The molecule has 1 fully saturated rings. The second-order valence-corrected chi connectivity index (χ2v) is 7.68. The summed E-state index contributed by atoms with van der Waals surface area (Å²) in [7, 11) is 0. The van der Waals surface area contributed by atoms with Gasteiger partial charge in [-0.1, -0.05) is 6.07 Å². The minimum absolute atomic E-state index is 0.140. The predicted octanol–water partition coefficient (Wildman–Crippen LogP) is 3.52. The van der Waals surface area contributed by atoms with Crippen LogP contribution in [0.5, 0.6) is 0 Å². The largest absolute Gasteiger partial charge is 0.404 e. The molecule has 1 aliphatic rings. The van der Waals surface area contributed by atoms with Crippen molar-refractivity contribution in [1.82, 2.24) is 15.3 Å². The van der Waals surface area contributed by atoms with Gasteiger partial charge in [0.25, 0.3) is 5.91 Å². The third-order valence-corrected chi connectivity index (χ3v) is 5.38. The fourth-order valence-corrected chi connectivity index (χ4v) is 3.50. The molecule has 1 aliphatic carbocycles. The molecule has 0 spiro atoms. The lowest BCUT2D eigenvalue weighted by atomic mass is 10.0. The maximum Gasteiger partial charge on any atom is 0.254 e. The van der Waals surface area contributed by atoms with Gasteiger partial charge in [0.1, 0.15) is 0 Å². The Kier molecular flexibility index (Phi) is 6.21. The van der Waals surface area contributed by atoms with Gasteiger partial charge in [-0.25, -0.2) is 0 Å². The fourth-order valence-electron chi connectivity index (χ4n) is 3.50. The van der Waals surface area contributed by atoms with Gasteiger partial charge in [0.05, 0.1) is 16.8 Å². The van der Waals surface area contributed by atoms with E-state index in [4.69, 9.17) is 11.1 Å². The number of hydrogen-bond donors (Lipinski definition) is 4. The summed E-state index contributed by atoms with van der Waals surface area (Å²) in [5.74, 6) is -0.140. The molecule has 0 unspecified atom stereocenters. The van der Waals surface area contributed by atoms with E-state index in [-0.39, 0.29) is 5.91 Å². The third kappa shape index (κ3) is 4.88. The van der Waals surface area contributed by atoms with Crippen LogP contribution in [-0.2, 0) is 6.42 Å². The number of carbonyl (C=O) groups excluding carboxylic acids is 1. The van der Waals surface area contributed by atoms with Crippen molar-refractivity contribution in [3.05, 3.63) is 71.8 Å². The van der Waals surface area contributed by atoms with Crippen molar-refractivity contribution in [2.24, 2.45) is 5.73 Å². The van der Waals surface area contributed by atoms with Gasteiger partial charge in [0.15, 0.2) is 0 Å². The number of carbonyl (C=O) groups is 1. The normalized spacial score (nSPS) is 13.7. The van der Waals surface area contributed by atoms with E-state index in [1.807, 2.05) is 30.3 Å². The SMILES string of the molecule is N=C/C(=C\N)c1ccc2ncc(C(=O)NCCCc3ccncc3)c(NC3CC3)c2c1. The van der Waals surface area contributed by atoms with Crippen LogP contribution in [0.15, 0.2) is 55.1 Å². The first-order valence-electron chi connectivity index (χ1n) is 10.5. The number of nitrogens with zero attached hydrogens (tertiary/aromatic N) is 2. The van der Waals surface area contributed by atoms with Crippen LogP contribution in [-0.4, -0.2) is 34.7 Å². The lowest BCUT2D eigenvalue weighted by Gasteiger charge is -2.15. The summed E-state index contributed by atoms with van der Waals surface area (Å²) >= 11 is 0. The minimum atomic E-state index is -0.140. The monoisotopic (exact) mass is 414 g/mol. The molecule has 2 heterocycles. The maximum absolute atomic E-state index is 13.0. The summed E-state index contributed by atoms with van der Waals surface area (Å²) in [6, 6.07) is 10.1. The molecule has 7 nitrogen and oxygen atoms in total. The zero-order valence-corrected chi connectivity index (χ0v) is 17.3. The Balaban J connectivity index is 1.56. The molecule has 0 saturated heterocycles. The van der Waals surface area contributed by atoms with E-state index in [1.165, 1.54) is 18.0 Å². The van der Waals surface area contributed by atoms with Gasteiger partial charge in [0.2, 0.25) is 0 Å². The number of pyridine rings is 2. The van der Waals surface area contributed by atoms with Crippen molar-refractivity contribution >= 4 is 34.3 Å². The Labute approximate surface area is 181 Å². The zero-order chi connectivity index (χ0) is 21.6. The van der Waals surface area contributed by atoms with Crippen molar-refractivity contribution < 1.29 is 4.79 Å². The number of benzene rings is 1. The summed E-state index contributed by atoms with van der Waals surface area (Å²) in [6.45, 7) is 0.579. The smallest absolute Gasteiger partial charge is 0.254 e. The van der Waals surface area contributed by atoms with E-state index in [9.17, 15) is 4.79 Å². The zero-order valence-electron chi connectivity index (χ0n) is 17.3. The van der Waals surface area contributed by atoms with Gasteiger partial charge in [-0.2, -0.15) is 0 Å². The number of fused-ring (bicyclic) bond motifs is 1. The van der Waals surface area contributed by atoms with Crippen LogP contribution in [0.1, 0.15) is 40.7 Å². The topological polar surface area (TPSA) is 117 Å². The second-order valence-electron chi connectivity index (χ2n) is 7.68. The summed E-state index contributed by atoms with van der Waals surface area (Å²) in [5.41, 5.74) is 10.4. The van der Waals surface area contributed by atoms with Crippen LogP contribution in [0.25, 0.3) is 16.5 Å². The second kappa shape index (κ2) is 9.38. The summed E-state index contributed by atoms with van der Waals surface area (Å²) in [6.07, 6.45) is 11.7. The van der Waals surface area contributed by atoms with Crippen molar-refractivity contribution in [3.63, 3.8) is 0 Å². The number of rotatable bonds is 9. The number of nitrogens with two attached hydrogens (primary N) is 1. The van der Waals surface area contributed by atoms with Crippen LogP contribution >= 0.6 is 0 Å². The molecule has 4 rings (SSSR count). The number of aryl methyl sites for hydroxylation is 1. The van der Waals surface area contributed by atoms with E-state index in [1.54, 1.807) is 18.6 Å². The van der Waals surface area contributed by atoms with Crippen LogP contribution in [0.2, 0.25) is 0 Å². The van der Waals surface area contributed by atoms with Crippen LogP contribution in [0.3, 0.4) is 0 Å². The molecule has 2 aromatic heterocycles. The van der Waals surface area contributed by atoms with Crippen molar-refractivity contribution in [1.29, 1.82) is 5.41 Å². The first-order chi connectivity index (χ1) is 15.2. The minimum Gasteiger partial charge on any atom is -0.404 e. The molecule has 0 bridgehead atoms. The average Bonchev–Trinajstić information content (AvgIpc) is 3.62. The molecule has 0 atom stereocenters. The van der Waals surface area contributed by atoms with E-state index in [0.29, 0.717) is 23.7 Å². The first-order valence-corrected chi connectivity index (χ1v) is 10.5. The first kappa shape index (κ1) is 20.5. The van der Waals surface area contributed by atoms with Crippen LogP contribution < -0.4 is 16.4 Å². The van der Waals surface area contributed by atoms with Crippen molar-refractivity contribution in [3.8, 4) is 0 Å². The van der Waals surface area contributed by atoms with Gasteiger partial charge in [-0.05, 0) is 61.1 Å². The van der Waals surface area contributed by atoms with E-state index in [0.717, 1.165) is 47.8 Å². The Hall–Kier alpha value is -3.74. The lowest BCUT2D eigenvalue weighted by Crippen LogP contribution is -2.26. The van der Waals surface area contributed by atoms with Crippen LogP contribution in [0.4, 0.5) is 5.69 Å². The van der Waals surface area contributed by atoms with Gasteiger partial charge < -0.3 is 21.8 Å². The van der Waals surface area contributed by atoms with Crippen molar-refractivity contribution in [2.75, 3.05) is 11.9 Å². The molecule has 3 aromatic rings. The number of hydrogen-bond acceptors (Lipinski definition) is 6. The number of nitrogens with one attached hydrogen (secondary N) is 3. The van der Waals surface area contributed by atoms with Gasteiger partial charge in [-0.3, -0.25) is 14.8 Å². The maximum atomic E-state index is 13.0. The van der Waals surface area contributed by atoms with Crippen LogP contribution in [0, 0.1) is 5.41 Å². The standard InChI is InChI=1S/C24H26N6O/c25-13-18(14-26)17-3-6-22-20(12-17)23(30-19-4-5-19)21(15-29-22)24(31)28-9-1-2-16-7-10-27-11-8-16/h3,6-8,10-15,19,25H,1-2,4-5,9,26H2,(H,28,31)(H,29,30)/b18-14+,25-13?. The number of anilines is 1. The molecule has 1 aromatic carbocycles. The molecule has 0 aliphatic heterocycles. The molecular formula is C24H26N6O. The molecule has 158 valence electrons. The number of aromatic nitrogens is 2. The number of amides is 1. The third-order valence-electron chi connectivity index (χ3n) is 5.38. The average molecular weight is 415 g/mol. The number of allylic oxidation sites excluding steroid dienone is 1. The summed E-state index contributed by atoms with van der Waals surface area (Å²) in [5, 5.41) is 15.0. The van der Waals surface area contributed by atoms with E-state index in [2.05, 4.69) is 20.6 Å². The molecule has 7 heteroatoms. The molecule has 31 heavy (non-hydrogen) atoms. The highest BCUT2D eigenvalue weighted by molar-refractivity contribution is 6.11. The Bertz CT molecular complexity index is 1120. The predicted molar refractivity (Wildman–Crippen MR) is 124 cm³/mol. The van der Waals surface area contributed by atoms with Crippen molar-refractivity contribution in [2.45, 2.75) is 31.7 Å². The Morgan fingerprint density at radius 2 is 2.03 bits per heavy atom. The van der Waals surface area contributed by atoms with E-state index >= 15 is 0 Å². The fraction of sp³-hybridized carbons (Fsp3) is 0.250. The highest BCUT2D eigenvalue weighted by atomic mass is 16.1. The Morgan fingerprint density at radius 3 is 2.74 bits per heavy atom. The molecule has 0 radical (unpaired) electrons. The molecule has 1 saturated carbocycles. The quantitative estimate of drug-likeness (QED) is 0.316. The van der Waals surface area contributed by atoms with Gasteiger partial charge in [-0.15, -0.1) is 0 Å². The molecular weight excluding hydrogens is 388 g/mol. The highest BCUT2D eigenvalue weighted by Crippen LogP contribution is 2.33. The summed E-state index contributed by atoms with van der Waals surface area (Å²) < 4.78 is 0. The van der Waals surface area contributed by atoms with Gasteiger partial charge in [0, 0.05) is 54.6 Å². The van der Waals surface area contributed by atoms with Gasteiger partial charge >= 0.3 is 0 Å². The van der Waals surface area contributed by atoms with E-state index < -0.39 is 0 Å². The summed E-state index contributed by atoms with van der Waals surface area (Å²) in [4.78, 5) is 21.5. The lowest BCUT2D eigenvalue weighted by molar-refractivity contribution is 0.0954. The Morgan fingerprint density at radius 1 is 1.23 bits per heavy atom. The highest BCUT2D eigenvalue weighted by Gasteiger charge is 2.25. The molecule has 1 amide bonds.